The van der Waals surface area contributed by atoms with Crippen molar-refractivity contribution in [3.05, 3.63) is 107 Å². The van der Waals surface area contributed by atoms with Gasteiger partial charge in [-0.1, -0.05) is 72.8 Å². The lowest BCUT2D eigenvalue weighted by Gasteiger charge is -2.17. The molecule has 2 amide bonds. The van der Waals surface area contributed by atoms with Crippen LogP contribution in [0.2, 0.25) is 0 Å². The lowest BCUT2D eigenvalue weighted by Crippen LogP contribution is -2.27. The number of rotatable bonds is 8. The first-order valence-corrected chi connectivity index (χ1v) is 12.1. The second-order valence-electron chi connectivity index (χ2n) is 7.99. The Bertz CT molecular complexity index is 977. The molecule has 1 N–H and O–H groups in total. The van der Waals surface area contributed by atoms with E-state index in [4.69, 9.17) is 0 Å². The van der Waals surface area contributed by atoms with Gasteiger partial charge in [0.25, 0.3) is 5.91 Å². The molecule has 1 saturated heterocycles. The topological polar surface area (TPSA) is 49.4 Å². The third kappa shape index (κ3) is 5.80. The van der Waals surface area contributed by atoms with Crippen molar-refractivity contribution in [2.24, 2.45) is 0 Å². The molecule has 4 rings (SSSR count). The van der Waals surface area contributed by atoms with Gasteiger partial charge >= 0.3 is 0 Å². The first-order valence-electron chi connectivity index (χ1n) is 11.1. The highest BCUT2D eigenvalue weighted by Crippen LogP contribution is 2.35. The zero-order valence-electron chi connectivity index (χ0n) is 18.1. The van der Waals surface area contributed by atoms with Gasteiger partial charge in [-0.15, -0.1) is 11.8 Å². The molecule has 1 aliphatic heterocycles. The molecule has 5 heteroatoms. The highest BCUT2D eigenvalue weighted by Gasteiger charge is 2.19. The average Bonchev–Trinajstić information content (AvgIpc) is 3.39. The van der Waals surface area contributed by atoms with Crippen LogP contribution in [0.1, 0.15) is 45.1 Å². The molecule has 3 aromatic carbocycles. The third-order valence-corrected chi connectivity index (χ3v) is 6.98. The summed E-state index contributed by atoms with van der Waals surface area (Å²) >= 11 is 1.63. The summed E-state index contributed by atoms with van der Waals surface area (Å²) in [6, 6.07) is 28.1. The minimum atomic E-state index is 0.00378. The van der Waals surface area contributed by atoms with E-state index in [0.29, 0.717) is 17.9 Å². The Labute approximate surface area is 194 Å². The van der Waals surface area contributed by atoms with E-state index in [9.17, 15) is 9.59 Å². The van der Waals surface area contributed by atoms with Crippen LogP contribution >= 0.6 is 11.8 Å². The summed E-state index contributed by atoms with van der Waals surface area (Å²) in [7, 11) is 0. The molecule has 0 atom stereocenters. The molecule has 4 nitrogen and oxygen atoms in total. The van der Waals surface area contributed by atoms with Crippen molar-refractivity contribution in [1.29, 1.82) is 0 Å². The molecule has 0 bridgehead atoms. The molecular formula is C27H28N2O2S. The van der Waals surface area contributed by atoms with E-state index >= 15 is 0 Å². The predicted octanol–water partition coefficient (Wildman–Crippen LogP) is 5.06. The van der Waals surface area contributed by atoms with Crippen LogP contribution in [0.5, 0.6) is 0 Å². The number of hydrogen-bond donors (Lipinski definition) is 1. The molecule has 0 aliphatic carbocycles. The van der Waals surface area contributed by atoms with Gasteiger partial charge in [0.15, 0.2) is 0 Å². The molecule has 1 aliphatic rings. The average molecular weight is 445 g/mol. The first-order chi connectivity index (χ1) is 15.7. The van der Waals surface area contributed by atoms with Gasteiger partial charge in [0.1, 0.15) is 0 Å². The number of amides is 2. The number of thioether (sulfide) groups is 1. The maximum atomic E-state index is 12.5. The Kier molecular flexibility index (Phi) is 7.62. The number of nitrogens with zero attached hydrogens (tertiary/aromatic N) is 1. The molecule has 0 radical (unpaired) electrons. The van der Waals surface area contributed by atoms with Crippen LogP contribution in [-0.4, -0.2) is 35.6 Å². The summed E-state index contributed by atoms with van der Waals surface area (Å²) in [4.78, 5) is 26.9. The number of nitrogens with one attached hydrogen (secondary N) is 1. The van der Waals surface area contributed by atoms with E-state index in [1.165, 1.54) is 11.1 Å². The standard InChI is InChI=1S/C27H28N2O2S/c30-25(20-32-26(22-9-3-1-4-10-22)23-11-5-2-6-12-23)28-19-21-13-15-24(16-14-21)27(31)29-17-7-8-18-29/h1-6,9-16,26H,7-8,17-20H2,(H,28,30). The van der Waals surface area contributed by atoms with Crippen molar-refractivity contribution < 1.29 is 9.59 Å². The Morgan fingerprint density at radius 1 is 0.812 bits per heavy atom. The van der Waals surface area contributed by atoms with Crippen LogP contribution < -0.4 is 5.32 Å². The molecule has 0 saturated carbocycles. The summed E-state index contributed by atoms with van der Waals surface area (Å²) in [5, 5.41) is 3.12. The molecule has 1 fully saturated rings. The zero-order valence-corrected chi connectivity index (χ0v) is 18.9. The lowest BCUT2D eigenvalue weighted by atomic mass is 10.0. The number of likely N-dealkylation sites (tertiary alicyclic amines) is 1. The normalized spacial score (nSPS) is 13.3. The molecule has 1 heterocycles. The van der Waals surface area contributed by atoms with Crippen molar-refractivity contribution in [1.82, 2.24) is 10.2 Å². The van der Waals surface area contributed by atoms with Crippen molar-refractivity contribution in [3.8, 4) is 0 Å². The van der Waals surface area contributed by atoms with Crippen LogP contribution in [0.3, 0.4) is 0 Å². The van der Waals surface area contributed by atoms with E-state index < -0.39 is 0 Å². The van der Waals surface area contributed by atoms with Gasteiger partial charge in [-0.25, -0.2) is 0 Å². The molecule has 0 unspecified atom stereocenters. The fourth-order valence-electron chi connectivity index (χ4n) is 3.92. The summed E-state index contributed by atoms with van der Waals surface area (Å²) < 4.78 is 0. The van der Waals surface area contributed by atoms with Gasteiger partial charge in [0.05, 0.1) is 11.0 Å². The maximum absolute atomic E-state index is 12.5. The van der Waals surface area contributed by atoms with Crippen molar-refractivity contribution in [2.45, 2.75) is 24.6 Å². The quantitative estimate of drug-likeness (QED) is 0.528. The minimum Gasteiger partial charge on any atom is -0.351 e. The van der Waals surface area contributed by atoms with Crippen LogP contribution in [0.4, 0.5) is 0 Å². The third-order valence-electron chi connectivity index (χ3n) is 5.67. The van der Waals surface area contributed by atoms with Gasteiger partial charge in [-0.05, 0) is 41.7 Å². The van der Waals surface area contributed by atoms with Gasteiger partial charge in [-0.2, -0.15) is 0 Å². The maximum Gasteiger partial charge on any atom is 0.253 e. The second kappa shape index (κ2) is 11.0. The molecule has 32 heavy (non-hydrogen) atoms. The van der Waals surface area contributed by atoms with Crippen molar-refractivity contribution >= 4 is 23.6 Å². The second-order valence-corrected chi connectivity index (χ2v) is 9.08. The smallest absolute Gasteiger partial charge is 0.253 e. The van der Waals surface area contributed by atoms with E-state index in [1.807, 2.05) is 65.6 Å². The van der Waals surface area contributed by atoms with Gasteiger partial charge < -0.3 is 10.2 Å². The summed E-state index contributed by atoms with van der Waals surface area (Å²) in [6.45, 7) is 2.15. The SMILES string of the molecule is O=C(CSC(c1ccccc1)c1ccccc1)NCc1ccc(C(=O)N2CCCC2)cc1. The van der Waals surface area contributed by atoms with Gasteiger partial charge in [0.2, 0.25) is 5.91 Å². The largest absolute Gasteiger partial charge is 0.351 e. The molecule has 164 valence electrons. The lowest BCUT2D eigenvalue weighted by molar-refractivity contribution is -0.118. The Balaban J connectivity index is 1.30. The van der Waals surface area contributed by atoms with Gasteiger partial charge in [0, 0.05) is 25.2 Å². The number of benzene rings is 3. The monoisotopic (exact) mass is 444 g/mol. The van der Waals surface area contributed by atoms with E-state index in [0.717, 1.165) is 31.5 Å². The molecule has 0 spiro atoms. The van der Waals surface area contributed by atoms with E-state index in [-0.39, 0.29) is 17.1 Å². The predicted molar refractivity (Wildman–Crippen MR) is 131 cm³/mol. The Morgan fingerprint density at radius 2 is 1.38 bits per heavy atom. The molecule has 3 aromatic rings. The number of carbonyl (C=O) groups excluding carboxylic acids is 2. The van der Waals surface area contributed by atoms with Gasteiger partial charge in [-0.3, -0.25) is 9.59 Å². The molecule has 0 aromatic heterocycles. The minimum absolute atomic E-state index is 0.00378. The van der Waals surface area contributed by atoms with Crippen molar-refractivity contribution in [3.63, 3.8) is 0 Å². The highest BCUT2D eigenvalue weighted by atomic mass is 32.2. The fraction of sp³-hybridized carbons (Fsp3) is 0.259. The fourth-order valence-corrected chi connectivity index (χ4v) is 5.04. The van der Waals surface area contributed by atoms with Crippen molar-refractivity contribution in [2.75, 3.05) is 18.8 Å². The Hall–Kier alpha value is -3.05. The van der Waals surface area contributed by atoms with Crippen LogP contribution in [0, 0.1) is 0 Å². The number of carbonyl (C=O) groups is 2. The summed E-state index contributed by atoms with van der Waals surface area (Å²) in [5.74, 6) is 0.478. The first kappa shape index (κ1) is 22.2. The van der Waals surface area contributed by atoms with Crippen LogP contribution in [-0.2, 0) is 11.3 Å². The van der Waals surface area contributed by atoms with E-state index in [2.05, 4.69) is 29.6 Å². The van der Waals surface area contributed by atoms with Crippen LogP contribution in [0.25, 0.3) is 0 Å². The summed E-state index contributed by atoms with van der Waals surface area (Å²) in [5.41, 5.74) is 4.08. The zero-order chi connectivity index (χ0) is 22.2. The number of hydrogen-bond acceptors (Lipinski definition) is 3. The summed E-state index contributed by atoms with van der Waals surface area (Å²) in [6.07, 6.45) is 2.17. The molecular weight excluding hydrogens is 416 g/mol. The highest BCUT2D eigenvalue weighted by molar-refractivity contribution is 8.00. The Morgan fingerprint density at radius 3 is 1.94 bits per heavy atom. The van der Waals surface area contributed by atoms with Crippen LogP contribution in [0.15, 0.2) is 84.9 Å². The van der Waals surface area contributed by atoms with E-state index in [1.54, 1.807) is 11.8 Å².